The Morgan fingerprint density at radius 3 is 2.94 bits per heavy atom. The molecule has 0 atom stereocenters. The third-order valence-electron chi connectivity index (χ3n) is 1.97. The van der Waals surface area contributed by atoms with Gasteiger partial charge in [0.1, 0.15) is 5.82 Å². The van der Waals surface area contributed by atoms with E-state index < -0.39 is 5.82 Å². The van der Waals surface area contributed by atoms with E-state index in [0.717, 1.165) is 6.07 Å². The zero-order valence-electron chi connectivity index (χ0n) is 9.43. The largest absolute Gasteiger partial charge is 0.383 e. The molecule has 1 aromatic rings. The highest BCUT2D eigenvalue weighted by atomic mass is 35.5. The summed E-state index contributed by atoms with van der Waals surface area (Å²) < 4.78 is 17.6. The minimum absolute atomic E-state index is 0.150. The number of halogens is 2. The topological polar surface area (TPSA) is 50.4 Å². The number of benzene rings is 1. The molecule has 0 radical (unpaired) electrons. The fourth-order valence-electron chi connectivity index (χ4n) is 1.16. The van der Waals surface area contributed by atoms with Crippen LogP contribution in [0.3, 0.4) is 0 Å². The molecule has 1 rings (SSSR count). The standard InChI is InChI=1S/C11H14ClFN2O2/c1-17-5-4-14-7-11(16)15-10-3-2-8(13)6-9(10)12/h2-3,6,14H,4-5,7H2,1H3,(H,15,16). The molecule has 0 aromatic heterocycles. The van der Waals surface area contributed by atoms with Crippen molar-refractivity contribution in [2.45, 2.75) is 0 Å². The molecule has 1 aromatic carbocycles. The Hall–Kier alpha value is -1.17. The van der Waals surface area contributed by atoms with Crippen LogP contribution in [-0.4, -0.2) is 32.7 Å². The number of methoxy groups -OCH3 is 1. The third-order valence-corrected chi connectivity index (χ3v) is 2.29. The molecule has 0 unspecified atom stereocenters. The van der Waals surface area contributed by atoms with E-state index in [-0.39, 0.29) is 17.5 Å². The normalized spacial score (nSPS) is 10.3. The predicted octanol–water partition coefficient (Wildman–Crippen LogP) is 1.65. The van der Waals surface area contributed by atoms with E-state index in [1.807, 2.05) is 0 Å². The van der Waals surface area contributed by atoms with Crippen molar-refractivity contribution in [1.29, 1.82) is 0 Å². The van der Waals surface area contributed by atoms with E-state index in [2.05, 4.69) is 10.6 Å². The first-order valence-electron chi connectivity index (χ1n) is 5.08. The quantitative estimate of drug-likeness (QED) is 0.765. The molecular formula is C11H14ClFN2O2. The number of carbonyl (C=O) groups excluding carboxylic acids is 1. The predicted molar refractivity (Wildman–Crippen MR) is 64.8 cm³/mol. The van der Waals surface area contributed by atoms with Crippen LogP contribution in [0.25, 0.3) is 0 Å². The second kappa shape index (κ2) is 7.21. The van der Waals surface area contributed by atoms with Gasteiger partial charge in [-0.3, -0.25) is 4.79 Å². The summed E-state index contributed by atoms with van der Waals surface area (Å²) in [7, 11) is 1.58. The lowest BCUT2D eigenvalue weighted by Gasteiger charge is -2.08. The van der Waals surface area contributed by atoms with Gasteiger partial charge in [0.05, 0.1) is 23.9 Å². The average molecular weight is 261 g/mol. The smallest absolute Gasteiger partial charge is 0.238 e. The summed E-state index contributed by atoms with van der Waals surface area (Å²) in [6, 6.07) is 3.81. The molecular weight excluding hydrogens is 247 g/mol. The van der Waals surface area contributed by atoms with Gasteiger partial charge in [-0.25, -0.2) is 4.39 Å². The minimum atomic E-state index is -0.439. The van der Waals surface area contributed by atoms with Crippen molar-refractivity contribution in [3.63, 3.8) is 0 Å². The zero-order valence-corrected chi connectivity index (χ0v) is 10.2. The van der Waals surface area contributed by atoms with Crippen molar-refractivity contribution in [2.75, 3.05) is 32.1 Å². The second-order valence-corrected chi connectivity index (χ2v) is 3.75. The molecule has 0 heterocycles. The van der Waals surface area contributed by atoms with Crippen molar-refractivity contribution < 1.29 is 13.9 Å². The van der Waals surface area contributed by atoms with Gasteiger partial charge < -0.3 is 15.4 Å². The molecule has 4 nitrogen and oxygen atoms in total. The number of hydrogen-bond acceptors (Lipinski definition) is 3. The van der Waals surface area contributed by atoms with Gasteiger partial charge in [0.25, 0.3) is 0 Å². The molecule has 0 spiro atoms. The first kappa shape index (κ1) is 13.9. The average Bonchev–Trinajstić information content (AvgIpc) is 2.28. The zero-order chi connectivity index (χ0) is 12.7. The molecule has 0 saturated heterocycles. The van der Waals surface area contributed by atoms with Crippen molar-refractivity contribution >= 4 is 23.2 Å². The highest BCUT2D eigenvalue weighted by Gasteiger charge is 2.06. The van der Waals surface area contributed by atoms with Crippen LogP contribution in [0.2, 0.25) is 5.02 Å². The maximum absolute atomic E-state index is 12.7. The van der Waals surface area contributed by atoms with E-state index in [9.17, 15) is 9.18 Å². The molecule has 0 aliphatic heterocycles. The Kier molecular flexibility index (Phi) is 5.90. The van der Waals surface area contributed by atoms with Crippen LogP contribution < -0.4 is 10.6 Å². The first-order valence-corrected chi connectivity index (χ1v) is 5.46. The second-order valence-electron chi connectivity index (χ2n) is 3.34. The number of anilines is 1. The Morgan fingerprint density at radius 1 is 1.53 bits per heavy atom. The number of hydrogen-bond donors (Lipinski definition) is 2. The minimum Gasteiger partial charge on any atom is -0.383 e. The van der Waals surface area contributed by atoms with Gasteiger partial charge in [-0.15, -0.1) is 0 Å². The van der Waals surface area contributed by atoms with E-state index in [4.69, 9.17) is 16.3 Å². The van der Waals surface area contributed by atoms with Crippen LogP contribution in [0.4, 0.5) is 10.1 Å². The number of carbonyl (C=O) groups is 1. The van der Waals surface area contributed by atoms with Gasteiger partial charge in [-0.1, -0.05) is 11.6 Å². The molecule has 17 heavy (non-hydrogen) atoms. The van der Waals surface area contributed by atoms with Gasteiger partial charge in [-0.2, -0.15) is 0 Å². The Labute approximate surface area is 104 Å². The van der Waals surface area contributed by atoms with Crippen LogP contribution in [0, 0.1) is 5.82 Å². The SMILES string of the molecule is COCCNCC(=O)Nc1ccc(F)cc1Cl. The number of rotatable bonds is 6. The van der Waals surface area contributed by atoms with Gasteiger partial charge in [0.2, 0.25) is 5.91 Å². The van der Waals surface area contributed by atoms with Crippen LogP contribution in [0.15, 0.2) is 18.2 Å². The Balaban J connectivity index is 2.40. The molecule has 2 N–H and O–H groups in total. The molecule has 6 heteroatoms. The number of ether oxygens (including phenoxy) is 1. The Morgan fingerprint density at radius 2 is 2.29 bits per heavy atom. The van der Waals surface area contributed by atoms with Gasteiger partial charge in [0.15, 0.2) is 0 Å². The molecule has 1 amide bonds. The molecule has 0 aliphatic rings. The van der Waals surface area contributed by atoms with Crippen molar-refractivity contribution in [3.8, 4) is 0 Å². The van der Waals surface area contributed by atoms with E-state index in [1.165, 1.54) is 12.1 Å². The van der Waals surface area contributed by atoms with Crippen molar-refractivity contribution in [3.05, 3.63) is 29.0 Å². The van der Waals surface area contributed by atoms with Crippen LogP contribution in [0.1, 0.15) is 0 Å². The third kappa shape index (κ3) is 5.12. The van der Waals surface area contributed by atoms with Crippen LogP contribution in [0.5, 0.6) is 0 Å². The molecule has 0 saturated carbocycles. The van der Waals surface area contributed by atoms with Crippen molar-refractivity contribution in [1.82, 2.24) is 5.32 Å². The Bertz CT molecular complexity index is 388. The summed E-state index contributed by atoms with van der Waals surface area (Å²) in [4.78, 5) is 11.4. The van der Waals surface area contributed by atoms with E-state index in [1.54, 1.807) is 7.11 Å². The molecule has 0 aliphatic carbocycles. The summed E-state index contributed by atoms with van der Waals surface area (Å²) in [5.74, 6) is -0.680. The van der Waals surface area contributed by atoms with Crippen molar-refractivity contribution in [2.24, 2.45) is 0 Å². The van der Waals surface area contributed by atoms with Gasteiger partial charge in [0, 0.05) is 13.7 Å². The van der Waals surface area contributed by atoms with Gasteiger partial charge >= 0.3 is 0 Å². The highest BCUT2D eigenvalue weighted by Crippen LogP contribution is 2.21. The summed E-state index contributed by atoms with van der Waals surface area (Å²) in [6.07, 6.45) is 0. The summed E-state index contributed by atoms with van der Waals surface area (Å²) in [5, 5.41) is 5.63. The fraction of sp³-hybridized carbons (Fsp3) is 0.364. The first-order chi connectivity index (χ1) is 8.13. The lowest BCUT2D eigenvalue weighted by Crippen LogP contribution is -2.30. The maximum atomic E-state index is 12.7. The van der Waals surface area contributed by atoms with E-state index in [0.29, 0.717) is 18.8 Å². The number of amides is 1. The lowest BCUT2D eigenvalue weighted by molar-refractivity contribution is -0.115. The van der Waals surface area contributed by atoms with Gasteiger partial charge in [-0.05, 0) is 18.2 Å². The monoisotopic (exact) mass is 260 g/mol. The van der Waals surface area contributed by atoms with Crippen LogP contribution in [-0.2, 0) is 9.53 Å². The molecule has 94 valence electrons. The summed E-state index contributed by atoms with van der Waals surface area (Å²) in [5.41, 5.74) is 0.395. The summed E-state index contributed by atoms with van der Waals surface area (Å²) >= 11 is 5.76. The molecule has 0 fully saturated rings. The lowest BCUT2D eigenvalue weighted by atomic mass is 10.3. The van der Waals surface area contributed by atoms with Crippen LogP contribution >= 0.6 is 11.6 Å². The van der Waals surface area contributed by atoms with E-state index >= 15 is 0 Å². The molecule has 0 bridgehead atoms. The highest BCUT2D eigenvalue weighted by molar-refractivity contribution is 6.33. The fourth-order valence-corrected chi connectivity index (χ4v) is 1.38. The maximum Gasteiger partial charge on any atom is 0.238 e. The number of nitrogens with one attached hydrogen (secondary N) is 2. The summed E-state index contributed by atoms with van der Waals surface area (Å²) in [6.45, 7) is 1.27.